The van der Waals surface area contributed by atoms with Gasteiger partial charge in [0, 0.05) is 48.8 Å². The van der Waals surface area contributed by atoms with Crippen LogP contribution in [0.5, 0.6) is 34.5 Å². The quantitative estimate of drug-likeness (QED) is 0.124. The molecule has 0 unspecified atom stereocenters. The highest BCUT2D eigenvalue weighted by atomic mass is 35.5. The Kier molecular flexibility index (Phi) is 3.97. The van der Waals surface area contributed by atoms with E-state index in [9.17, 15) is 30.6 Å². The summed E-state index contributed by atoms with van der Waals surface area (Å²) in [5, 5.41) is 65.4. The fourth-order valence-corrected chi connectivity index (χ4v) is 5.99. The maximum Gasteiger partial charge on any atom is 0.181 e. The lowest BCUT2D eigenvalue weighted by Crippen LogP contribution is -1.90. The predicted octanol–water partition coefficient (Wildman–Crippen LogP) is 6.18. The third-order valence-corrected chi connectivity index (χ3v) is 7.77. The second-order valence-electron chi connectivity index (χ2n) is 7.97. The van der Waals surface area contributed by atoms with Crippen LogP contribution >= 0.6 is 22.9 Å². The Hall–Kier alpha value is -3.81. The topological polar surface area (TPSA) is 121 Å². The van der Waals surface area contributed by atoms with E-state index in [-0.39, 0.29) is 40.0 Å². The summed E-state index contributed by atoms with van der Waals surface area (Å²) in [6.07, 6.45) is -0.0691. The first-order chi connectivity index (χ1) is 15.8. The molecule has 6 rings (SSSR count). The van der Waals surface area contributed by atoms with Crippen LogP contribution in [0.15, 0.2) is 42.5 Å². The Morgan fingerprint density at radius 3 is 1.97 bits per heavy atom. The monoisotopic (exact) mass is 478 g/mol. The lowest BCUT2D eigenvalue weighted by atomic mass is 9.94. The first kappa shape index (κ1) is 19.8. The first-order valence-corrected chi connectivity index (χ1v) is 11.2. The number of benzene rings is 4. The second kappa shape index (κ2) is 6.60. The molecule has 0 saturated heterocycles. The number of phenols is 6. The molecule has 1 aromatic heterocycles. The van der Waals surface area contributed by atoms with Crippen molar-refractivity contribution in [3.8, 4) is 56.8 Å². The van der Waals surface area contributed by atoms with E-state index in [4.69, 9.17) is 11.6 Å². The lowest BCUT2D eigenvalue weighted by Gasteiger charge is -2.16. The van der Waals surface area contributed by atoms with E-state index in [1.807, 2.05) is 36.4 Å². The molecule has 1 aliphatic rings. The molecular formula is C25H15ClO6S. The Balaban J connectivity index is 1.64. The van der Waals surface area contributed by atoms with Crippen LogP contribution in [-0.4, -0.2) is 30.6 Å². The van der Waals surface area contributed by atoms with E-state index in [0.29, 0.717) is 5.56 Å². The van der Waals surface area contributed by atoms with E-state index < -0.39 is 33.8 Å². The van der Waals surface area contributed by atoms with Crippen molar-refractivity contribution in [3.63, 3.8) is 0 Å². The van der Waals surface area contributed by atoms with Crippen molar-refractivity contribution in [3.05, 3.63) is 58.6 Å². The van der Waals surface area contributed by atoms with Gasteiger partial charge in [-0.1, -0.05) is 35.9 Å². The summed E-state index contributed by atoms with van der Waals surface area (Å²) < 4.78 is 2.14. The van der Waals surface area contributed by atoms with Crippen molar-refractivity contribution in [1.29, 1.82) is 0 Å². The Labute approximate surface area is 195 Å². The van der Waals surface area contributed by atoms with Gasteiger partial charge < -0.3 is 30.6 Å². The smallest absolute Gasteiger partial charge is 0.181 e. The number of halogens is 1. The summed E-state index contributed by atoms with van der Waals surface area (Å²) in [5.41, 5.74) is 0.698. The Bertz CT molecular complexity index is 1670. The highest BCUT2D eigenvalue weighted by Gasteiger charge is 2.37. The van der Waals surface area contributed by atoms with Crippen molar-refractivity contribution in [2.75, 3.05) is 0 Å². The van der Waals surface area contributed by atoms with Crippen LogP contribution in [0, 0.1) is 0 Å². The summed E-state index contributed by atoms with van der Waals surface area (Å²) >= 11 is 7.54. The van der Waals surface area contributed by atoms with Crippen LogP contribution in [-0.2, 0) is 6.42 Å². The molecule has 8 heteroatoms. The van der Waals surface area contributed by atoms with Crippen LogP contribution in [0.1, 0.15) is 11.1 Å². The molecule has 0 saturated carbocycles. The molecule has 0 fully saturated rings. The normalized spacial score (nSPS) is 12.4. The van der Waals surface area contributed by atoms with E-state index >= 15 is 0 Å². The minimum absolute atomic E-state index is 0.0329. The number of thiophene rings is 1. The zero-order chi connectivity index (χ0) is 23.2. The van der Waals surface area contributed by atoms with Crippen LogP contribution in [0.4, 0.5) is 0 Å². The summed E-state index contributed by atoms with van der Waals surface area (Å²) in [6, 6.07) is 13.4. The third kappa shape index (κ3) is 2.49. The first-order valence-electron chi connectivity index (χ1n) is 9.96. The minimum atomic E-state index is -0.752. The van der Waals surface area contributed by atoms with Gasteiger partial charge in [-0.3, -0.25) is 0 Å². The van der Waals surface area contributed by atoms with Gasteiger partial charge >= 0.3 is 0 Å². The van der Waals surface area contributed by atoms with Gasteiger partial charge in [0.25, 0.3) is 0 Å². The number of phenolic OH excluding ortho intramolecular Hbond substituents is 6. The van der Waals surface area contributed by atoms with Gasteiger partial charge in [-0.2, -0.15) is 0 Å². The Morgan fingerprint density at radius 1 is 0.606 bits per heavy atom. The standard InChI is InChI=1S/C25H15ClO6S/c26-19-21(28)13-8-12-17(18(13)24(31)25(19)32)23(30)22(29)16(20(12)27)9-5-6-15-11(7-9)10-3-1-2-4-14(10)33-15/h1-7,27-32H,8H2. The largest absolute Gasteiger partial charge is 0.507 e. The van der Waals surface area contributed by atoms with E-state index in [1.54, 1.807) is 17.4 Å². The zero-order valence-electron chi connectivity index (χ0n) is 16.7. The predicted molar refractivity (Wildman–Crippen MR) is 128 cm³/mol. The highest BCUT2D eigenvalue weighted by Crippen LogP contribution is 2.61. The van der Waals surface area contributed by atoms with Gasteiger partial charge in [-0.25, -0.2) is 0 Å². The SMILES string of the molecule is Oc1c(O)c2c(c(O)c1Cl)Cc1c(O)c(-c3ccc4sc5ccccc5c4c3)c(O)c(O)c1-2. The summed E-state index contributed by atoms with van der Waals surface area (Å²) in [7, 11) is 0. The second-order valence-corrected chi connectivity index (χ2v) is 9.44. The van der Waals surface area contributed by atoms with Crippen molar-refractivity contribution in [2.45, 2.75) is 6.42 Å². The molecule has 0 radical (unpaired) electrons. The summed E-state index contributed by atoms with van der Waals surface area (Å²) in [5.74, 6) is -3.33. The molecule has 0 spiro atoms. The number of hydrogen-bond acceptors (Lipinski definition) is 7. The molecule has 1 aliphatic carbocycles. The number of rotatable bonds is 1. The lowest BCUT2D eigenvalue weighted by molar-refractivity contribution is 0.394. The van der Waals surface area contributed by atoms with Gasteiger partial charge in [0.15, 0.2) is 23.0 Å². The van der Waals surface area contributed by atoms with Crippen molar-refractivity contribution in [2.24, 2.45) is 0 Å². The molecule has 4 aromatic carbocycles. The molecular weight excluding hydrogens is 464 g/mol. The molecule has 0 amide bonds. The van der Waals surface area contributed by atoms with Crippen LogP contribution in [0.25, 0.3) is 42.4 Å². The van der Waals surface area contributed by atoms with Crippen molar-refractivity contribution < 1.29 is 30.6 Å². The average molecular weight is 479 g/mol. The number of aromatic hydroxyl groups is 6. The maximum atomic E-state index is 11.2. The van der Waals surface area contributed by atoms with Gasteiger partial charge in [-0.05, 0) is 23.8 Å². The van der Waals surface area contributed by atoms with Gasteiger partial charge in [0.2, 0.25) is 0 Å². The zero-order valence-corrected chi connectivity index (χ0v) is 18.3. The minimum Gasteiger partial charge on any atom is -0.507 e. The van der Waals surface area contributed by atoms with Crippen molar-refractivity contribution in [1.82, 2.24) is 0 Å². The third-order valence-electron chi connectivity index (χ3n) is 6.26. The van der Waals surface area contributed by atoms with E-state index in [1.165, 1.54) is 0 Å². The summed E-state index contributed by atoms with van der Waals surface area (Å²) in [4.78, 5) is 0. The fourth-order valence-electron chi connectivity index (χ4n) is 4.70. The molecule has 1 heterocycles. The molecule has 6 N–H and O–H groups in total. The van der Waals surface area contributed by atoms with E-state index in [0.717, 1.165) is 20.2 Å². The number of fused-ring (bicyclic) bond motifs is 6. The molecule has 33 heavy (non-hydrogen) atoms. The molecule has 0 aliphatic heterocycles. The van der Waals surface area contributed by atoms with E-state index in [2.05, 4.69) is 0 Å². The molecule has 164 valence electrons. The Morgan fingerprint density at radius 2 is 1.21 bits per heavy atom. The molecule has 6 nitrogen and oxygen atoms in total. The number of hydrogen-bond donors (Lipinski definition) is 6. The highest BCUT2D eigenvalue weighted by molar-refractivity contribution is 7.25. The average Bonchev–Trinajstić information content (AvgIpc) is 3.39. The molecule has 0 atom stereocenters. The van der Waals surface area contributed by atoms with Crippen LogP contribution < -0.4 is 0 Å². The molecule has 5 aromatic rings. The molecule has 0 bridgehead atoms. The van der Waals surface area contributed by atoms with Crippen molar-refractivity contribution >= 4 is 43.1 Å². The maximum absolute atomic E-state index is 11.2. The van der Waals surface area contributed by atoms with Crippen LogP contribution in [0.2, 0.25) is 5.02 Å². The summed E-state index contributed by atoms with van der Waals surface area (Å²) in [6.45, 7) is 0. The fraction of sp³-hybridized carbons (Fsp3) is 0.0400. The van der Waals surface area contributed by atoms with Gasteiger partial charge in [-0.15, -0.1) is 11.3 Å². The van der Waals surface area contributed by atoms with Gasteiger partial charge in [0.05, 0.1) is 5.56 Å². The van der Waals surface area contributed by atoms with Crippen LogP contribution in [0.3, 0.4) is 0 Å². The van der Waals surface area contributed by atoms with Gasteiger partial charge in [0.1, 0.15) is 16.5 Å².